The van der Waals surface area contributed by atoms with Crippen molar-refractivity contribution in [3.63, 3.8) is 0 Å². The quantitative estimate of drug-likeness (QED) is 0.284. The first kappa shape index (κ1) is 22.2. The maximum atomic E-state index is 5.62. The molecule has 0 radical (unpaired) electrons. The first-order chi connectivity index (χ1) is 11.7. The number of aryl methyl sites for hydroxylation is 1. The van der Waals surface area contributed by atoms with E-state index in [2.05, 4.69) is 46.8 Å². The minimum Gasteiger partial charge on any atom is -0.385 e. The van der Waals surface area contributed by atoms with Crippen LogP contribution in [0.15, 0.2) is 29.3 Å². The van der Waals surface area contributed by atoms with Gasteiger partial charge in [0.1, 0.15) is 0 Å². The summed E-state index contributed by atoms with van der Waals surface area (Å²) in [5.41, 5.74) is 2.88. The monoisotopic (exact) mass is 461 g/mol. The van der Waals surface area contributed by atoms with Crippen LogP contribution in [-0.4, -0.2) is 53.0 Å². The van der Waals surface area contributed by atoms with Gasteiger partial charge in [-0.3, -0.25) is 4.99 Å². The third-order valence-electron chi connectivity index (χ3n) is 4.80. The third kappa shape index (κ3) is 6.42. The van der Waals surface area contributed by atoms with Crippen molar-refractivity contribution in [3.8, 4) is 0 Å². The van der Waals surface area contributed by atoms with Crippen LogP contribution in [0, 0.1) is 6.92 Å². The van der Waals surface area contributed by atoms with Gasteiger partial charge in [0.15, 0.2) is 5.96 Å². The van der Waals surface area contributed by atoms with Gasteiger partial charge < -0.3 is 20.1 Å². The lowest BCUT2D eigenvalue weighted by Crippen LogP contribution is -2.48. The summed E-state index contributed by atoms with van der Waals surface area (Å²) in [5, 5.41) is 6.88. The predicted octanol–water partition coefficient (Wildman–Crippen LogP) is 2.86. The van der Waals surface area contributed by atoms with E-state index < -0.39 is 0 Å². The Hall–Kier alpha value is -0.860. The molecule has 0 amide bonds. The van der Waals surface area contributed by atoms with Gasteiger partial charge in [-0.05, 0) is 37.3 Å². The van der Waals surface area contributed by atoms with E-state index in [4.69, 9.17) is 9.47 Å². The molecular weight excluding hydrogens is 429 g/mol. The minimum absolute atomic E-state index is 0. The van der Waals surface area contributed by atoms with Crippen molar-refractivity contribution < 1.29 is 9.47 Å². The van der Waals surface area contributed by atoms with Crippen LogP contribution in [-0.2, 0) is 14.9 Å². The van der Waals surface area contributed by atoms with E-state index in [1.807, 2.05) is 7.05 Å². The van der Waals surface area contributed by atoms with Gasteiger partial charge in [-0.1, -0.05) is 24.3 Å². The van der Waals surface area contributed by atoms with Crippen LogP contribution in [0.2, 0.25) is 0 Å². The number of hydrogen-bond acceptors (Lipinski definition) is 3. The zero-order valence-corrected chi connectivity index (χ0v) is 18.0. The van der Waals surface area contributed by atoms with Gasteiger partial charge in [0, 0.05) is 52.5 Å². The lowest BCUT2D eigenvalue weighted by atomic mass is 9.72. The Bertz CT molecular complexity index is 531. The highest BCUT2D eigenvalue weighted by atomic mass is 127. The highest BCUT2D eigenvalue weighted by molar-refractivity contribution is 14.0. The molecule has 142 valence electrons. The summed E-state index contributed by atoms with van der Waals surface area (Å²) in [4.78, 5) is 4.34. The maximum Gasteiger partial charge on any atom is 0.191 e. The van der Waals surface area contributed by atoms with Crippen molar-refractivity contribution in [1.82, 2.24) is 10.6 Å². The number of aliphatic imine (C=N–C) groups is 1. The Labute approximate surface area is 169 Å². The predicted molar refractivity (Wildman–Crippen MR) is 114 cm³/mol. The second-order valence-corrected chi connectivity index (χ2v) is 6.41. The van der Waals surface area contributed by atoms with Crippen LogP contribution in [0.3, 0.4) is 0 Å². The number of ether oxygens (including phenoxy) is 2. The van der Waals surface area contributed by atoms with Crippen molar-refractivity contribution in [3.05, 3.63) is 35.4 Å². The number of halogens is 1. The van der Waals surface area contributed by atoms with Gasteiger partial charge >= 0.3 is 0 Å². The van der Waals surface area contributed by atoms with Crippen LogP contribution >= 0.6 is 24.0 Å². The standard InChI is InChI=1S/C19H31N3O2.HI/c1-16-7-4-5-8-17(16)19(9-13-24-14-10-19)15-22-18(20-2)21-11-6-12-23-3;/h4-5,7-8H,6,9-15H2,1-3H3,(H2,20,21,22);1H. The van der Waals surface area contributed by atoms with E-state index in [0.29, 0.717) is 0 Å². The van der Waals surface area contributed by atoms with Gasteiger partial charge in [0.25, 0.3) is 0 Å². The maximum absolute atomic E-state index is 5.62. The van der Waals surface area contributed by atoms with Crippen molar-refractivity contribution >= 4 is 29.9 Å². The Kier molecular flexibility index (Phi) is 10.4. The molecule has 0 unspecified atom stereocenters. The SMILES string of the molecule is CN=C(NCCCOC)NCC1(c2ccccc2C)CCOCC1.I. The molecule has 0 aromatic heterocycles. The van der Waals surface area contributed by atoms with Gasteiger partial charge in [-0.2, -0.15) is 0 Å². The van der Waals surface area contributed by atoms with E-state index in [0.717, 1.165) is 58.1 Å². The van der Waals surface area contributed by atoms with Gasteiger partial charge in [0.2, 0.25) is 0 Å². The van der Waals surface area contributed by atoms with Crippen molar-refractivity contribution in [2.24, 2.45) is 4.99 Å². The highest BCUT2D eigenvalue weighted by Gasteiger charge is 2.35. The van der Waals surface area contributed by atoms with Crippen LogP contribution in [0.1, 0.15) is 30.4 Å². The Balaban J connectivity index is 0.00000312. The van der Waals surface area contributed by atoms with E-state index in [1.165, 1.54) is 11.1 Å². The lowest BCUT2D eigenvalue weighted by molar-refractivity contribution is 0.0512. The van der Waals surface area contributed by atoms with E-state index >= 15 is 0 Å². The molecular formula is C19H32IN3O2. The summed E-state index contributed by atoms with van der Waals surface area (Å²) in [6.45, 7) is 6.31. The fourth-order valence-electron chi connectivity index (χ4n) is 3.37. The van der Waals surface area contributed by atoms with Crippen molar-refractivity contribution in [2.75, 3.05) is 47.1 Å². The largest absolute Gasteiger partial charge is 0.385 e. The molecule has 1 aliphatic heterocycles. The molecule has 1 fully saturated rings. The molecule has 1 aliphatic rings. The van der Waals surface area contributed by atoms with Gasteiger partial charge in [0.05, 0.1) is 0 Å². The topological polar surface area (TPSA) is 54.9 Å². The van der Waals surface area contributed by atoms with E-state index in [1.54, 1.807) is 7.11 Å². The molecule has 0 bridgehead atoms. The fraction of sp³-hybridized carbons (Fsp3) is 0.632. The Morgan fingerprint density at radius 2 is 1.96 bits per heavy atom. The van der Waals surface area contributed by atoms with Crippen molar-refractivity contribution in [1.29, 1.82) is 0 Å². The molecule has 5 nitrogen and oxygen atoms in total. The van der Waals surface area contributed by atoms with Gasteiger partial charge in [-0.25, -0.2) is 0 Å². The summed E-state index contributed by atoms with van der Waals surface area (Å²) >= 11 is 0. The number of guanidine groups is 1. The van der Waals surface area contributed by atoms with Crippen molar-refractivity contribution in [2.45, 2.75) is 31.6 Å². The molecule has 1 aromatic rings. The molecule has 0 atom stereocenters. The number of hydrogen-bond donors (Lipinski definition) is 2. The Morgan fingerprint density at radius 3 is 2.60 bits per heavy atom. The minimum atomic E-state index is 0. The van der Waals surface area contributed by atoms with Crippen LogP contribution in [0.4, 0.5) is 0 Å². The normalized spacial score (nSPS) is 16.8. The van der Waals surface area contributed by atoms with E-state index in [9.17, 15) is 0 Å². The lowest BCUT2D eigenvalue weighted by Gasteiger charge is -2.39. The highest BCUT2D eigenvalue weighted by Crippen LogP contribution is 2.36. The smallest absolute Gasteiger partial charge is 0.191 e. The number of methoxy groups -OCH3 is 1. The van der Waals surface area contributed by atoms with Crippen LogP contribution < -0.4 is 10.6 Å². The number of nitrogens with zero attached hydrogens (tertiary/aromatic N) is 1. The van der Waals surface area contributed by atoms with Crippen LogP contribution in [0.5, 0.6) is 0 Å². The molecule has 2 N–H and O–H groups in total. The molecule has 0 spiro atoms. The second kappa shape index (κ2) is 11.7. The first-order valence-corrected chi connectivity index (χ1v) is 8.79. The van der Waals surface area contributed by atoms with E-state index in [-0.39, 0.29) is 29.4 Å². The molecule has 0 aliphatic carbocycles. The zero-order chi connectivity index (χ0) is 17.3. The summed E-state index contributed by atoms with van der Waals surface area (Å²) in [5.74, 6) is 0.852. The zero-order valence-electron chi connectivity index (χ0n) is 15.6. The summed E-state index contributed by atoms with van der Waals surface area (Å²) < 4.78 is 10.7. The second-order valence-electron chi connectivity index (χ2n) is 6.41. The number of nitrogens with one attached hydrogen (secondary N) is 2. The molecule has 1 saturated heterocycles. The van der Waals surface area contributed by atoms with Crippen LogP contribution in [0.25, 0.3) is 0 Å². The van der Waals surface area contributed by atoms with Gasteiger partial charge in [-0.15, -0.1) is 24.0 Å². The molecule has 0 saturated carbocycles. The average Bonchev–Trinajstić information content (AvgIpc) is 2.62. The molecule has 1 heterocycles. The first-order valence-electron chi connectivity index (χ1n) is 8.79. The summed E-state index contributed by atoms with van der Waals surface area (Å²) in [6, 6.07) is 8.70. The average molecular weight is 461 g/mol. The summed E-state index contributed by atoms with van der Waals surface area (Å²) in [7, 11) is 3.54. The number of benzene rings is 1. The summed E-state index contributed by atoms with van der Waals surface area (Å²) in [6.07, 6.45) is 3.03. The molecule has 1 aromatic carbocycles. The molecule has 2 rings (SSSR count). The third-order valence-corrected chi connectivity index (χ3v) is 4.80. The Morgan fingerprint density at radius 1 is 1.24 bits per heavy atom. The molecule has 6 heteroatoms. The number of rotatable bonds is 7. The molecule has 25 heavy (non-hydrogen) atoms. The fourth-order valence-corrected chi connectivity index (χ4v) is 3.37.